The minimum atomic E-state index is -3.36. The highest BCUT2D eigenvalue weighted by Gasteiger charge is 2.31. The van der Waals surface area contributed by atoms with Gasteiger partial charge in [-0.15, -0.1) is 0 Å². The molecule has 1 aliphatic rings. The minimum Gasteiger partial charge on any atom is -0.338 e. The van der Waals surface area contributed by atoms with E-state index in [4.69, 9.17) is 0 Å². The molecule has 8 nitrogen and oxygen atoms in total. The maximum absolute atomic E-state index is 12.5. The normalized spacial score (nSPS) is 19.3. The molecule has 0 radical (unpaired) electrons. The van der Waals surface area contributed by atoms with Gasteiger partial charge < -0.3 is 10.3 Å². The van der Waals surface area contributed by atoms with Crippen molar-refractivity contribution in [2.75, 3.05) is 5.32 Å². The van der Waals surface area contributed by atoms with Crippen molar-refractivity contribution < 1.29 is 8.42 Å². The maximum atomic E-state index is 12.5. The molecule has 2 N–H and O–H groups in total. The number of nitrogens with one attached hydrogen (secondary N) is 2. The Hall–Kier alpha value is -3.12. The number of H-pyrrole nitrogens is 1. The lowest BCUT2D eigenvalue weighted by atomic mass is 10.1. The van der Waals surface area contributed by atoms with Gasteiger partial charge in [0.25, 0.3) is 5.56 Å². The van der Waals surface area contributed by atoms with Gasteiger partial charge >= 0.3 is 0 Å². The summed E-state index contributed by atoms with van der Waals surface area (Å²) in [5.41, 5.74) is 1.02. The molecule has 1 aliphatic carbocycles. The fraction of sp³-hybridized carbons (Fsp3) is 0.381. The van der Waals surface area contributed by atoms with Crippen molar-refractivity contribution >= 4 is 32.2 Å². The number of anilines is 2. The Balaban J connectivity index is 1.74. The summed E-state index contributed by atoms with van der Waals surface area (Å²) in [6.45, 7) is 3.29. The second-order valence-electron chi connectivity index (χ2n) is 7.84. The summed E-state index contributed by atoms with van der Waals surface area (Å²) < 4.78 is 26.4. The second kappa shape index (κ2) is 7.61. The van der Waals surface area contributed by atoms with E-state index < -0.39 is 15.1 Å². The van der Waals surface area contributed by atoms with E-state index in [1.54, 1.807) is 55.1 Å². The van der Waals surface area contributed by atoms with Crippen LogP contribution in [0.2, 0.25) is 0 Å². The van der Waals surface area contributed by atoms with Crippen molar-refractivity contribution in [3.63, 3.8) is 0 Å². The van der Waals surface area contributed by atoms with Gasteiger partial charge in [0, 0.05) is 11.9 Å². The van der Waals surface area contributed by atoms with Crippen LogP contribution in [0.1, 0.15) is 39.2 Å². The van der Waals surface area contributed by atoms with Gasteiger partial charge in [-0.2, -0.15) is 10.4 Å². The summed E-state index contributed by atoms with van der Waals surface area (Å²) in [6.07, 6.45) is 4.18. The Morgan fingerprint density at radius 3 is 2.63 bits per heavy atom. The highest BCUT2D eigenvalue weighted by Crippen LogP contribution is 2.38. The molecule has 2 atom stereocenters. The van der Waals surface area contributed by atoms with Gasteiger partial charge in [-0.3, -0.25) is 9.48 Å². The van der Waals surface area contributed by atoms with Gasteiger partial charge in [0.05, 0.1) is 33.7 Å². The van der Waals surface area contributed by atoms with E-state index in [1.165, 1.54) is 0 Å². The van der Waals surface area contributed by atoms with E-state index in [0.29, 0.717) is 22.4 Å². The van der Waals surface area contributed by atoms with Gasteiger partial charge in [-0.25, -0.2) is 8.42 Å². The molecule has 9 heteroatoms. The first-order valence-corrected chi connectivity index (χ1v) is 11.5. The number of pyridine rings is 1. The molecule has 0 saturated heterocycles. The lowest BCUT2D eigenvalue weighted by Gasteiger charge is -2.15. The average Bonchev–Trinajstić information content (AvgIpc) is 3.33. The first-order chi connectivity index (χ1) is 14.3. The maximum Gasteiger partial charge on any atom is 0.261 e. The van der Waals surface area contributed by atoms with Crippen LogP contribution in [0.5, 0.6) is 0 Å². The fourth-order valence-corrected chi connectivity index (χ4v) is 5.02. The first kappa shape index (κ1) is 20.2. The standard InChI is InChI=1S/C21H23N5O3S/c1-13(2)30(28,29)16-8-6-15(7-9-16)24-20-19-18(10-11-23-21(19)27)26(25-20)17-5-3-4-14(17)12-22/h6-11,13-14,17H,3-5H2,1-2H3,(H,23,27)(H,24,25)/t14?,17-/m0/s1. The zero-order chi connectivity index (χ0) is 21.5. The molecule has 2 aromatic heterocycles. The number of nitrogens with zero attached hydrogens (tertiary/aromatic N) is 3. The summed E-state index contributed by atoms with van der Waals surface area (Å²) in [5.74, 6) is 0.246. The average molecular weight is 426 g/mol. The zero-order valence-corrected chi connectivity index (χ0v) is 17.6. The van der Waals surface area contributed by atoms with Crippen LogP contribution < -0.4 is 10.9 Å². The number of nitriles is 1. The number of rotatable bonds is 5. The molecule has 1 fully saturated rings. The number of aromatic amines is 1. The number of hydrogen-bond donors (Lipinski definition) is 2. The Morgan fingerprint density at radius 2 is 1.97 bits per heavy atom. The molecule has 0 amide bonds. The molecule has 1 aromatic carbocycles. The van der Waals surface area contributed by atoms with Gasteiger partial charge in [-0.05, 0) is 63.4 Å². The van der Waals surface area contributed by atoms with Crippen molar-refractivity contribution in [2.45, 2.75) is 49.3 Å². The molecule has 0 aliphatic heterocycles. The van der Waals surface area contributed by atoms with Crippen LogP contribution in [0.25, 0.3) is 10.9 Å². The molecular weight excluding hydrogens is 402 g/mol. The van der Waals surface area contributed by atoms with Crippen LogP contribution in [0, 0.1) is 17.2 Å². The lowest BCUT2D eigenvalue weighted by molar-refractivity contribution is 0.423. The predicted octanol–water partition coefficient (Wildman–Crippen LogP) is 3.52. The first-order valence-electron chi connectivity index (χ1n) is 9.93. The minimum absolute atomic E-state index is 0.0755. The Labute approximate surface area is 174 Å². The number of fused-ring (bicyclic) bond motifs is 1. The topological polar surface area (TPSA) is 121 Å². The molecule has 4 rings (SSSR count). The van der Waals surface area contributed by atoms with E-state index in [9.17, 15) is 18.5 Å². The van der Waals surface area contributed by atoms with Crippen LogP contribution >= 0.6 is 0 Å². The summed E-state index contributed by atoms with van der Waals surface area (Å²) in [5, 5.41) is 17.2. The number of benzene rings is 1. The lowest BCUT2D eigenvalue weighted by Crippen LogP contribution is -2.14. The fourth-order valence-electron chi connectivity index (χ4n) is 3.96. The van der Waals surface area contributed by atoms with Crippen molar-refractivity contribution in [1.82, 2.24) is 14.8 Å². The van der Waals surface area contributed by atoms with Gasteiger partial charge in [0.2, 0.25) is 0 Å². The van der Waals surface area contributed by atoms with Crippen LogP contribution in [0.4, 0.5) is 11.5 Å². The Morgan fingerprint density at radius 1 is 1.23 bits per heavy atom. The summed E-state index contributed by atoms with van der Waals surface area (Å²) in [6, 6.07) is 10.5. The van der Waals surface area contributed by atoms with E-state index in [2.05, 4.69) is 21.5 Å². The van der Waals surface area contributed by atoms with Crippen LogP contribution in [-0.4, -0.2) is 28.4 Å². The summed E-state index contributed by atoms with van der Waals surface area (Å²) in [4.78, 5) is 15.5. The molecule has 1 saturated carbocycles. The Bertz CT molecular complexity index is 1280. The molecule has 3 aromatic rings. The molecule has 156 valence electrons. The molecule has 0 bridgehead atoms. The van der Waals surface area contributed by atoms with Crippen molar-refractivity contribution in [2.24, 2.45) is 5.92 Å². The largest absolute Gasteiger partial charge is 0.338 e. The third-order valence-electron chi connectivity index (χ3n) is 5.66. The summed E-state index contributed by atoms with van der Waals surface area (Å²) >= 11 is 0. The SMILES string of the molecule is CC(C)S(=O)(=O)c1ccc(Nc2nn([C@H]3CCCC3C#N)c3cc[nH]c(=O)c23)cc1. The highest BCUT2D eigenvalue weighted by molar-refractivity contribution is 7.92. The summed E-state index contributed by atoms with van der Waals surface area (Å²) in [7, 11) is -3.36. The third-order valence-corrected chi connectivity index (χ3v) is 7.83. The number of hydrogen-bond acceptors (Lipinski definition) is 6. The van der Waals surface area contributed by atoms with Crippen LogP contribution in [0.15, 0.2) is 46.2 Å². The predicted molar refractivity (Wildman–Crippen MR) is 114 cm³/mol. The quantitative estimate of drug-likeness (QED) is 0.645. The van der Waals surface area contributed by atoms with Crippen molar-refractivity contribution in [3.8, 4) is 6.07 Å². The van der Waals surface area contributed by atoms with Crippen LogP contribution in [0.3, 0.4) is 0 Å². The smallest absolute Gasteiger partial charge is 0.261 e. The second-order valence-corrected chi connectivity index (χ2v) is 10.3. The zero-order valence-electron chi connectivity index (χ0n) is 16.8. The molecule has 2 heterocycles. The van der Waals surface area contributed by atoms with Gasteiger partial charge in [-0.1, -0.05) is 0 Å². The van der Waals surface area contributed by atoms with Crippen LogP contribution in [-0.2, 0) is 9.84 Å². The monoisotopic (exact) mass is 425 g/mol. The number of aromatic nitrogens is 3. The van der Waals surface area contributed by atoms with E-state index in [-0.39, 0.29) is 22.4 Å². The van der Waals surface area contributed by atoms with E-state index in [1.807, 2.05) is 0 Å². The van der Waals surface area contributed by atoms with Crippen molar-refractivity contribution in [1.29, 1.82) is 5.26 Å². The molecule has 1 unspecified atom stereocenters. The molecular formula is C21H23N5O3S. The number of sulfone groups is 1. The van der Waals surface area contributed by atoms with E-state index in [0.717, 1.165) is 19.3 Å². The third kappa shape index (κ3) is 3.37. The molecule has 0 spiro atoms. The van der Waals surface area contributed by atoms with Gasteiger partial charge in [0.1, 0.15) is 5.39 Å². The molecule has 30 heavy (non-hydrogen) atoms. The van der Waals surface area contributed by atoms with Crippen molar-refractivity contribution in [3.05, 3.63) is 46.9 Å². The Kier molecular flexibility index (Phi) is 5.12. The van der Waals surface area contributed by atoms with E-state index >= 15 is 0 Å². The highest BCUT2D eigenvalue weighted by atomic mass is 32.2. The van der Waals surface area contributed by atoms with Gasteiger partial charge in [0.15, 0.2) is 15.7 Å².